The molecule has 0 bridgehead atoms. The maximum absolute atomic E-state index is 13.6. The first-order valence-corrected chi connectivity index (χ1v) is 11.1. The van der Waals surface area contributed by atoms with Crippen molar-refractivity contribution in [2.45, 2.75) is 82.9 Å². The van der Waals surface area contributed by atoms with E-state index in [4.69, 9.17) is 23.7 Å². The first kappa shape index (κ1) is 21.3. The van der Waals surface area contributed by atoms with Crippen LogP contribution in [0.3, 0.4) is 0 Å². The second kappa shape index (κ2) is 5.52. The van der Waals surface area contributed by atoms with Crippen LogP contribution in [-0.2, 0) is 42.9 Å². The van der Waals surface area contributed by atoms with Crippen LogP contribution in [0.5, 0.6) is 0 Å². The number of carbonyl (C=O) groups excluding carboxylic acids is 4. The van der Waals surface area contributed by atoms with Crippen LogP contribution in [0.2, 0.25) is 0 Å². The summed E-state index contributed by atoms with van der Waals surface area (Å²) in [5.41, 5.74) is -8.44. The Bertz CT molecular complexity index is 1030. The highest BCUT2D eigenvalue weighted by atomic mass is 16.8. The first-order chi connectivity index (χ1) is 15.2. The zero-order valence-electron chi connectivity index (χ0n) is 18.8. The lowest BCUT2D eigenvalue weighted by Crippen LogP contribution is -2.67. The predicted molar refractivity (Wildman–Crippen MR) is 102 cm³/mol. The summed E-state index contributed by atoms with van der Waals surface area (Å²) in [6.07, 6.45) is -6.89. The predicted octanol–water partition coefficient (Wildman–Crippen LogP) is -0.799. The number of ether oxygens (including phenoxy) is 5. The van der Waals surface area contributed by atoms with Crippen LogP contribution in [0.4, 0.5) is 0 Å². The molecule has 4 saturated heterocycles. The highest BCUT2D eigenvalue weighted by Gasteiger charge is 3.04. The third-order valence-electron chi connectivity index (χ3n) is 9.25. The maximum Gasteiger partial charge on any atom is 0.350 e. The number of hydrogen-bond donors (Lipinski definition) is 2. The van der Waals surface area contributed by atoms with Gasteiger partial charge in [-0.05, 0) is 24.7 Å². The second-order valence-corrected chi connectivity index (χ2v) is 11.3. The van der Waals surface area contributed by atoms with Crippen molar-refractivity contribution in [1.29, 1.82) is 0 Å². The Morgan fingerprint density at radius 1 is 1.12 bits per heavy atom. The average molecular weight is 466 g/mol. The minimum absolute atomic E-state index is 0.202. The van der Waals surface area contributed by atoms with Crippen molar-refractivity contribution in [1.82, 2.24) is 0 Å². The molecule has 6 rings (SSSR count). The summed E-state index contributed by atoms with van der Waals surface area (Å²) in [4.78, 5) is 51.2. The molecule has 0 unspecified atom stereocenters. The molecule has 2 spiro atoms. The van der Waals surface area contributed by atoms with Crippen LogP contribution in [0.15, 0.2) is 0 Å². The largest absolute Gasteiger partial charge is 0.459 e. The van der Waals surface area contributed by atoms with Gasteiger partial charge >= 0.3 is 23.9 Å². The van der Waals surface area contributed by atoms with E-state index in [9.17, 15) is 29.4 Å². The van der Waals surface area contributed by atoms with Gasteiger partial charge in [0, 0.05) is 6.92 Å². The number of rotatable bonds is 1. The zero-order valence-corrected chi connectivity index (χ0v) is 18.8. The Morgan fingerprint density at radius 3 is 2.39 bits per heavy atom. The number of esters is 4. The molecule has 0 aromatic carbocycles. The topological polar surface area (TPSA) is 155 Å². The van der Waals surface area contributed by atoms with Gasteiger partial charge in [0.25, 0.3) is 0 Å². The van der Waals surface area contributed by atoms with Gasteiger partial charge in [-0.1, -0.05) is 20.8 Å². The molecule has 11 atom stereocenters. The molecule has 11 heteroatoms. The van der Waals surface area contributed by atoms with Crippen molar-refractivity contribution in [3.63, 3.8) is 0 Å². The third kappa shape index (κ3) is 1.71. The van der Waals surface area contributed by atoms with Gasteiger partial charge in [0.15, 0.2) is 11.7 Å². The van der Waals surface area contributed by atoms with Crippen LogP contribution in [0, 0.1) is 28.1 Å². The summed E-state index contributed by atoms with van der Waals surface area (Å²) in [6, 6.07) is 0. The van der Waals surface area contributed by atoms with Crippen LogP contribution in [0.25, 0.3) is 0 Å². The molecule has 2 saturated carbocycles. The second-order valence-electron chi connectivity index (χ2n) is 11.3. The fraction of sp³-hybridized carbons (Fsp3) is 0.818. The number of carbonyl (C=O) groups is 4. The molecule has 2 aliphatic carbocycles. The Kier molecular flexibility index (Phi) is 3.57. The molecule has 0 amide bonds. The van der Waals surface area contributed by atoms with E-state index in [0.29, 0.717) is 0 Å². The normalized spacial score (nSPS) is 55.5. The van der Waals surface area contributed by atoms with Crippen LogP contribution < -0.4 is 0 Å². The Morgan fingerprint density at radius 2 is 1.79 bits per heavy atom. The first-order valence-electron chi connectivity index (χ1n) is 11.1. The van der Waals surface area contributed by atoms with Gasteiger partial charge in [-0.15, -0.1) is 0 Å². The summed E-state index contributed by atoms with van der Waals surface area (Å²) in [5, 5.41) is 23.8. The zero-order chi connectivity index (χ0) is 24.1. The lowest BCUT2D eigenvalue weighted by Gasteiger charge is -2.48. The average Bonchev–Trinajstić information content (AvgIpc) is 3.40. The highest BCUT2D eigenvalue weighted by molar-refractivity contribution is 5.94. The minimum atomic E-state index is -2.29. The Labute approximate surface area is 188 Å². The molecule has 6 fully saturated rings. The number of aliphatic hydroxyl groups excluding tert-OH is 1. The molecular weight excluding hydrogens is 440 g/mol. The highest BCUT2D eigenvalue weighted by Crippen LogP contribution is 2.84. The van der Waals surface area contributed by atoms with Gasteiger partial charge in [-0.2, -0.15) is 0 Å². The number of hydrogen-bond acceptors (Lipinski definition) is 11. The molecular formula is C22H26O11. The van der Waals surface area contributed by atoms with E-state index in [0.717, 1.165) is 6.92 Å². The monoisotopic (exact) mass is 466 g/mol. The van der Waals surface area contributed by atoms with Crippen molar-refractivity contribution in [2.75, 3.05) is 0 Å². The fourth-order valence-electron chi connectivity index (χ4n) is 8.40. The number of fused-ring (bicyclic) bond motifs is 1. The smallest absolute Gasteiger partial charge is 0.350 e. The summed E-state index contributed by atoms with van der Waals surface area (Å²) in [7, 11) is 0. The van der Waals surface area contributed by atoms with Crippen LogP contribution in [-0.4, -0.2) is 76.0 Å². The lowest BCUT2D eigenvalue weighted by atomic mass is 9.51. The molecule has 0 aromatic heterocycles. The van der Waals surface area contributed by atoms with Crippen molar-refractivity contribution in [3.05, 3.63) is 0 Å². The van der Waals surface area contributed by atoms with E-state index in [-0.39, 0.29) is 6.42 Å². The van der Waals surface area contributed by atoms with E-state index in [1.54, 1.807) is 0 Å². The molecule has 6 aliphatic rings. The standard InChI is InChI=1S/C22H26O11/c1-7-14(25)31-12-11(24)20-10-6-9(18(3,4)5)19(20)13(29-8(2)23)15(26)32-17(19)33-22(20,16(27)30-10)21(7,12)28/h7,9-13,17,24,28H,6H2,1-5H3/t7-,9+,10-,11+,12+,13+,17-,19+,20-,21-,22+/m1/s1. The Hall–Kier alpha value is -2.24. The maximum atomic E-state index is 13.6. The van der Waals surface area contributed by atoms with E-state index < -0.39 is 93.9 Å². The van der Waals surface area contributed by atoms with E-state index >= 15 is 0 Å². The van der Waals surface area contributed by atoms with Gasteiger partial charge in [0.05, 0.1) is 16.7 Å². The van der Waals surface area contributed by atoms with E-state index in [1.807, 2.05) is 20.8 Å². The van der Waals surface area contributed by atoms with Gasteiger partial charge < -0.3 is 33.9 Å². The van der Waals surface area contributed by atoms with E-state index in [1.165, 1.54) is 6.92 Å². The lowest BCUT2D eigenvalue weighted by molar-refractivity contribution is -0.239. The van der Waals surface area contributed by atoms with Gasteiger partial charge in [0.1, 0.15) is 12.2 Å². The summed E-state index contributed by atoms with van der Waals surface area (Å²) >= 11 is 0. The molecule has 0 radical (unpaired) electrons. The summed E-state index contributed by atoms with van der Waals surface area (Å²) in [6.45, 7) is 8.27. The van der Waals surface area contributed by atoms with Crippen LogP contribution >= 0.6 is 0 Å². The van der Waals surface area contributed by atoms with E-state index in [2.05, 4.69) is 0 Å². The quantitative estimate of drug-likeness (QED) is 0.369. The Balaban J connectivity index is 1.71. The van der Waals surface area contributed by atoms with Crippen molar-refractivity contribution in [2.24, 2.45) is 28.1 Å². The van der Waals surface area contributed by atoms with Gasteiger partial charge in [0.2, 0.25) is 18.0 Å². The molecule has 33 heavy (non-hydrogen) atoms. The molecule has 2 N–H and O–H groups in total. The van der Waals surface area contributed by atoms with Crippen molar-refractivity contribution in [3.8, 4) is 0 Å². The molecule has 4 heterocycles. The summed E-state index contributed by atoms with van der Waals surface area (Å²) in [5.74, 6) is -5.12. The molecule has 4 aliphatic heterocycles. The SMILES string of the molecule is CC(=O)O[C@H]1C(=O)O[C@@H]2O[C@@]34C(=O)O[C@@H]5C[C@@H](C(C)(C)C)[C@@]21[C@]53[C@@H](O)[C@@H]1OC(=O)[C@@H](C)[C@@]14O. The van der Waals surface area contributed by atoms with Crippen molar-refractivity contribution < 1.29 is 53.1 Å². The van der Waals surface area contributed by atoms with Crippen LogP contribution in [0.1, 0.15) is 41.0 Å². The fourth-order valence-corrected chi connectivity index (χ4v) is 8.40. The summed E-state index contributed by atoms with van der Waals surface area (Å²) < 4.78 is 28.4. The number of aliphatic hydroxyl groups is 2. The molecule has 0 aromatic rings. The minimum Gasteiger partial charge on any atom is -0.459 e. The third-order valence-corrected chi connectivity index (χ3v) is 9.25. The van der Waals surface area contributed by atoms with Gasteiger partial charge in [-0.3, -0.25) is 9.59 Å². The molecule has 180 valence electrons. The van der Waals surface area contributed by atoms with Crippen molar-refractivity contribution >= 4 is 23.9 Å². The van der Waals surface area contributed by atoms with Gasteiger partial charge in [-0.25, -0.2) is 9.59 Å². The molecule has 11 nitrogen and oxygen atoms in total.